The summed E-state index contributed by atoms with van der Waals surface area (Å²) in [6.07, 6.45) is 2.49. The van der Waals surface area contributed by atoms with Crippen LogP contribution in [0.25, 0.3) is 0 Å². The summed E-state index contributed by atoms with van der Waals surface area (Å²) < 4.78 is 9.32. The maximum Gasteiger partial charge on any atom is 0.323 e. The number of thioether (sulfide) groups is 1. The van der Waals surface area contributed by atoms with Gasteiger partial charge in [-0.1, -0.05) is 0 Å². The van der Waals surface area contributed by atoms with Crippen molar-refractivity contribution in [2.45, 2.75) is 11.2 Å². The van der Waals surface area contributed by atoms with Gasteiger partial charge in [0.15, 0.2) is 0 Å². The van der Waals surface area contributed by atoms with Crippen molar-refractivity contribution >= 4 is 23.6 Å². The summed E-state index contributed by atoms with van der Waals surface area (Å²) in [5, 5.41) is 0. The molecule has 0 N–H and O–H groups in total. The van der Waals surface area contributed by atoms with Gasteiger partial charge in [-0.15, -0.1) is 11.8 Å². The molecule has 1 amide bonds. The molecule has 2 rings (SSSR count). The van der Waals surface area contributed by atoms with Crippen molar-refractivity contribution in [2.75, 3.05) is 33.6 Å². The van der Waals surface area contributed by atoms with Gasteiger partial charge in [0.25, 0.3) is 5.91 Å². The van der Waals surface area contributed by atoms with Crippen LogP contribution in [0.4, 0.5) is 0 Å². The van der Waals surface area contributed by atoms with E-state index in [9.17, 15) is 9.59 Å². The average Bonchev–Trinajstić information content (AvgIpc) is 2.99. The average molecular weight is 309 g/mol. The predicted octanol–water partition coefficient (Wildman–Crippen LogP) is 1.82. The van der Waals surface area contributed by atoms with Crippen molar-refractivity contribution in [2.24, 2.45) is 0 Å². The smallest absolute Gasteiger partial charge is 0.323 e. The van der Waals surface area contributed by atoms with E-state index < -0.39 is 4.75 Å². The van der Waals surface area contributed by atoms with E-state index in [1.807, 2.05) is 6.26 Å². The van der Waals surface area contributed by atoms with E-state index in [4.69, 9.17) is 9.47 Å². The molecule has 0 saturated carbocycles. The topological polar surface area (TPSA) is 55.8 Å². The minimum Gasteiger partial charge on any atom is -0.497 e. The molecule has 5 nitrogen and oxygen atoms in total. The van der Waals surface area contributed by atoms with Crippen molar-refractivity contribution in [1.82, 2.24) is 4.90 Å². The Kier molecular flexibility index (Phi) is 4.77. The molecule has 1 atom stereocenters. The Labute approximate surface area is 128 Å². The number of carbonyl (C=O) groups is 2. The zero-order valence-corrected chi connectivity index (χ0v) is 13.2. The van der Waals surface area contributed by atoms with Crippen LogP contribution in [0.15, 0.2) is 24.3 Å². The minimum absolute atomic E-state index is 0.0718. The van der Waals surface area contributed by atoms with Gasteiger partial charge >= 0.3 is 5.97 Å². The number of ether oxygens (including phenoxy) is 2. The number of methoxy groups -OCH3 is 2. The van der Waals surface area contributed by atoms with Crippen LogP contribution in [-0.4, -0.2) is 55.1 Å². The molecule has 0 radical (unpaired) electrons. The zero-order valence-electron chi connectivity index (χ0n) is 12.4. The van der Waals surface area contributed by atoms with Crippen LogP contribution < -0.4 is 4.74 Å². The largest absolute Gasteiger partial charge is 0.497 e. The molecule has 0 spiro atoms. The fourth-order valence-electron chi connectivity index (χ4n) is 2.47. The van der Waals surface area contributed by atoms with E-state index in [0.29, 0.717) is 30.8 Å². The third-order valence-electron chi connectivity index (χ3n) is 3.80. The number of hydrogen-bond donors (Lipinski definition) is 0. The van der Waals surface area contributed by atoms with Crippen LogP contribution in [0, 0.1) is 0 Å². The van der Waals surface area contributed by atoms with Crippen LogP contribution >= 0.6 is 11.8 Å². The third kappa shape index (κ3) is 3.00. The molecular weight excluding hydrogens is 290 g/mol. The summed E-state index contributed by atoms with van der Waals surface area (Å²) in [4.78, 5) is 26.1. The second-order valence-electron chi connectivity index (χ2n) is 4.90. The van der Waals surface area contributed by atoms with Gasteiger partial charge in [0.1, 0.15) is 10.5 Å². The number of carbonyl (C=O) groups excluding carboxylic acids is 2. The Balaban J connectivity index is 2.12. The first kappa shape index (κ1) is 15.7. The van der Waals surface area contributed by atoms with E-state index >= 15 is 0 Å². The maximum atomic E-state index is 12.5. The molecule has 21 heavy (non-hydrogen) atoms. The summed E-state index contributed by atoms with van der Waals surface area (Å²) in [6.45, 7) is 0.937. The van der Waals surface area contributed by atoms with Crippen LogP contribution in [-0.2, 0) is 9.53 Å². The molecule has 0 aliphatic carbocycles. The molecule has 1 saturated heterocycles. The van der Waals surface area contributed by atoms with Crippen molar-refractivity contribution in [3.05, 3.63) is 29.8 Å². The summed E-state index contributed by atoms with van der Waals surface area (Å²) in [5.41, 5.74) is 0.595. The number of likely N-dealkylation sites (tertiary alicyclic amines) is 1. The lowest BCUT2D eigenvalue weighted by Crippen LogP contribution is -2.40. The molecule has 0 bridgehead atoms. The zero-order chi connectivity index (χ0) is 15.5. The van der Waals surface area contributed by atoms with Crippen molar-refractivity contribution in [1.29, 1.82) is 0 Å². The first-order valence-corrected chi connectivity index (χ1v) is 7.85. The van der Waals surface area contributed by atoms with Crippen LogP contribution in [0.1, 0.15) is 16.8 Å². The number of hydrogen-bond acceptors (Lipinski definition) is 5. The monoisotopic (exact) mass is 309 g/mol. The number of benzene rings is 1. The van der Waals surface area contributed by atoms with Gasteiger partial charge in [-0.2, -0.15) is 0 Å². The van der Waals surface area contributed by atoms with E-state index in [1.54, 1.807) is 36.3 Å². The fourth-order valence-corrected chi connectivity index (χ4v) is 3.30. The van der Waals surface area contributed by atoms with Gasteiger partial charge in [0, 0.05) is 18.7 Å². The molecule has 6 heteroatoms. The van der Waals surface area contributed by atoms with E-state index in [0.717, 1.165) is 0 Å². The lowest BCUT2D eigenvalue weighted by molar-refractivity contribution is -0.143. The van der Waals surface area contributed by atoms with Crippen LogP contribution in [0.2, 0.25) is 0 Å². The van der Waals surface area contributed by atoms with Crippen molar-refractivity contribution < 1.29 is 19.1 Å². The third-order valence-corrected chi connectivity index (χ3v) is 5.09. The fraction of sp³-hybridized carbons (Fsp3) is 0.467. The van der Waals surface area contributed by atoms with Gasteiger partial charge in [-0.05, 0) is 36.9 Å². The molecule has 1 aromatic rings. The highest BCUT2D eigenvalue weighted by atomic mass is 32.2. The van der Waals surface area contributed by atoms with E-state index in [2.05, 4.69) is 0 Å². The molecule has 1 aliphatic rings. The Morgan fingerprint density at radius 1 is 1.24 bits per heavy atom. The number of amides is 1. The van der Waals surface area contributed by atoms with Crippen molar-refractivity contribution in [3.8, 4) is 5.75 Å². The second-order valence-corrected chi connectivity index (χ2v) is 6.08. The number of esters is 1. The van der Waals surface area contributed by atoms with Gasteiger partial charge in [0.2, 0.25) is 0 Å². The highest BCUT2D eigenvalue weighted by Crippen LogP contribution is 2.35. The summed E-state index contributed by atoms with van der Waals surface area (Å²) in [6, 6.07) is 6.98. The molecule has 1 heterocycles. The Morgan fingerprint density at radius 2 is 1.90 bits per heavy atom. The normalized spacial score (nSPS) is 21.2. The molecule has 1 aliphatic heterocycles. The molecule has 0 aromatic heterocycles. The SMILES string of the molecule is COC(=O)C1(SC)CCN(C(=O)c2ccc(OC)cc2)C1. The van der Waals surface area contributed by atoms with E-state index in [1.165, 1.54) is 18.9 Å². The Hall–Kier alpha value is -1.69. The van der Waals surface area contributed by atoms with Crippen molar-refractivity contribution in [3.63, 3.8) is 0 Å². The predicted molar refractivity (Wildman–Crippen MR) is 81.8 cm³/mol. The molecule has 1 fully saturated rings. The summed E-state index contributed by atoms with van der Waals surface area (Å²) in [5.74, 6) is 0.374. The van der Waals surface area contributed by atoms with Gasteiger partial charge in [-0.3, -0.25) is 9.59 Å². The lowest BCUT2D eigenvalue weighted by atomic mass is 10.1. The minimum atomic E-state index is -0.642. The molecule has 114 valence electrons. The maximum absolute atomic E-state index is 12.5. The lowest BCUT2D eigenvalue weighted by Gasteiger charge is -2.24. The molecule has 1 unspecified atom stereocenters. The van der Waals surface area contributed by atoms with Gasteiger partial charge in [0.05, 0.1) is 14.2 Å². The molecular formula is C15H19NO4S. The molecule has 1 aromatic carbocycles. The number of rotatable bonds is 4. The first-order valence-electron chi connectivity index (χ1n) is 6.63. The summed E-state index contributed by atoms with van der Waals surface area (Å²) in [7, 11) is 2.97. The quantitative estimate of drug-likeness (QED) is 0.794. The highest BCUT2D eigenvalue weighted by molar-refractivity contribution is 8.00. The Morgan fingerprint density at radius 3 is 2.43 bits per heavy atom. The van der Waals surface area contributed by atoms with E-state index in [-0.39, 0.29) is 11.9 Å². The summed E-state index contributed by atoms with van der Waals surface area (Å²) >= 11 is 1.45. The van der Waals surface area contributed by atoms with Crippen LogP contribution in [0.3, 0.4) is 0 Å². The standard InChI is InChI=1S/C15H19NO4S/c1-19-12-6-4-11(5-7-12)13(17)16-9-8-15(10-16,21-3)14(18)20-2/h4-7H,8-10H2,1-3H3. The highest BCUT2D eigenvalue weighted by Gasteiger charge is 2.46. The Bertz CT molecular complexity index is 531. The van der Waals surface area contributed by atoms with Crippen LogP contribution in [0.5, 0.6) is 5.75 Å². The van der Waals surface area contributed by atoms with Gasteiger partial charge < -0.3 is 14.4 Å². The second kappa shape index (κ2) is 6.39. The first-order chi connectivity index (χ1) is 10.1. The number of nitrogens with zero attached hydrogens (tertiary/aromatic N) is 1. The van der Waals surface area contributed by atoms with Gasteiger partial charge in [-0.25, -0.2) is 0 Å².